The fourth-order valence-electron chi connectivity index (χ4n) is 3.67. The molecule has 0 aromatic rings. The van der Waals surface area contributed by atoms with Crippen LogP contribution in [-0.4, -0.2) is 74.9 Å². The summed E-state index contributed by atoms with van der Waals surface area (Å²) in [5.74, 6) is -0.861. The van der Waals surface area contributed by atoms with E-state index in [1.165, 1.54) is 25.7 Å². The van der Waals surface area contributed by atoms with Gasteiger partial charge in [0.15, 0.2) is 6.10 Å². The molecule has 0 aliphatic rings. The summed E-state index contributed by atoms with van der Waals surface area (Å²) in [4.78, 5) is 34.3. The standard InChI is InChI=1S/C31H58NO8P/c1-6-8-10-11-12-13-14-15-16-17-18-19-20-21-22-24-31(34)40-29(27-37-30(33)23-9-7-2)28-39-41(35,36)38-26-25-32(3,4)5/h12-13,15-16,29H,6-11,14,17-28H2,1-5H3/p+1/b13-12+,16-15+/t29-/m1/s1. The van der Waals surface area contributed by atoms with Gasteiger partial charge < -0.3 is 18.9 Å². The maximum Gasteiger partial charge on any atom is 0.472 e. The summed E-state index contributed by atoms with van der Waals surface area (Å²) in [5, 5.41) is 0. The van der Waals surface area contributed by atoms with Crippen molar-refractivity contribution >= 4 is 19.8 Å². The van der Waals surface area contributed by atoms with Crippen LogP contribution in [0.3, 0.4) is 0 Å². The van der Waals surface area contributed by atoms with E-state index in [4.69, 9.17) is 18.5 Å². The first-order valence-electron chi connectivity index (χ1n) is 15.6. The molecule has 0 aliphatic carbocycles. The quantitative estimate of drug-likeness (QED) is 0.0343. The van der Waals surface area contributed by atoms with Crippen LogP contribution in [-0.2, 0) is 32.7 Å². The maximum absolute atomic E-state index is 12.4. The Morgan fingerprint density at radius 1 is 0.756 bits per heavy atom. The lowest BCUT2D eigenvalue weighted by Gasteiger charge is -2.24. The smallest absolute Gasteiger partial charge is 0.462 e. The van der Waals surface area contributed by atoms with Crippen molar-refractivity contribution in [1.29, 1.82) is 0 Å². The van der Waals surface area contributed by atoms with Crippen molar-refractivity contribution in [2.75, 3.05) is 47.5 Å². The van der Waals surface area contributed by atoms with Crippen LogP contribution in [0.5, 0.6) is 0 Å². The minimum Gasteiger partial charge on any atom is -0.462 e. The van der Waals surface area contributed by atoms with Gasteiger partial charge in [-0.15, -0.1) is 0 Å². The Morgan fingerprint density at radius 3 is 1.98 bits per heavy atom. The number of hydrogen-bond donors (Lipinski definition) is 1. The molecule has 0 aliphatic heterocycles. The number of likely N-dealkylation sites (N-methyl/N-ethyl adjacent to an activating group) is 1. The maximum atomic E-state index is 12.4. The molecule has 0 amide bonds. The van der Waals surface area contributed by atoms with Crippen molar-refractivity contribution < 1.29 is 42.1 Å². The highest BCUT2D eigenvalue weighted by molar-refractivity contribution is 7.47. The van der Waals surface area contributed by atoms with Gasteiger partial charge in [0, 0.05) is 12.8 Å². The van der Waals surface area contributed by atoms with Crippen molar-refractivity contribution in [3.63, 3.8) is 0 Å². The van der Waals surface area contributed by atoms with Crippen LogP contribution >= 0.6 is 7.82 Å². The molecule has 0 saturated carbocycles. The molecule has 0 spiro atoms. The first kappa shape index (κ1) is 39.5. The van der Waals surface area contributed by atoms with E-state index in [0.717, 1.165) is 44.9 Å². The lowest BCUT2D eigenvalue weighted by molar-refractivity contribution is -0.870. The number of quaternary nitrogens is 1. The van der Waals surface area contributed by atoms with E-state index >= 15 is 0 Å². The number of esters is 2. The number of unbranched alkanes of at least 4 members (excludes halogenated alkanes) is 9. The molecule has 2 atom stereocenters. The Balaban J connectivity index is 4.32. The number of phosphoric ester groups is 1. The van der Waals surface area contributed by atoms with Crippen LogP contribution in [0, 0.1) is 0 Å². The van der Waals surface area contributed by atoms with Crippen molar-refractivity contribution in [2.45, 2.75) is 116 Å². The summed E-state index contributed by atoms with van der Waals surface area (Å²) in [6.07, 6.45) is 22.0. The van der Waals surface area contributed by atoms with Gasteiger partial charge in [0.2, 0.25) is 0 Å². The van der Waals surface area contributed by atoms with Gasteiger partial charge in [-0.1, -0.05) is 76.7 Å². The molecular weight excluding hydrogens is 545 g/mol. The summed E-state index contributed by atoms with van der Waals surface area (Å²) in [6, 6.07) is 0. The molecule has 1 unspecified atom stereocenters. The van der Waals surface area contributed by atoms with Gasteiger partial charge >= 0.3 is 19.8 Å². The second-order valence-corrected chi connectivity index (χ2v) is 12.9. The minimum absolute atomic E-state index is 0.0283. The van der Waals surface area contributed by atoms with Gasteiger partial charge in [-0.2, -0.15) is 0 Å². The lowest BCUT2D eigenvalue weighted by atomic mass is 10.1. The zero-order chi connectivity index (χ0) is 30.8. The van der Waals surface area contributed by atoms with E-state index in [1.54, 1.807) is 0 Å². The number of phosphoric acid groups is 1. The Labute approximate surface area is 249 Å². The molecule has 0 aromatic heterocycles. The van der Waals surface area contributed by atoms with E-state index in [-0.39, 0.29) is 26.1 Å². The summed E-state index contributed by atoms with van der Waals surface area (Å²) >= 11 is 0. The second kappa shape index (κ2) is 25.0. The number of rotatable bonds is 27. The topological polar surface area (TPSA) is 108 Å². The van der Waals surface area contributed by atoms with E-state index in [1.807, 2.05) is 28.1 Å². The van der Waals surface area contributed by atoms with Gasteiger partial charge in [-0.3, -0.25) is 18.6 Å². The van der Waals surface area contributed by atoms with E-state index in [2.05, 4.69) is 31.2 Å². The molecule has 0 saturated heterocycles. The molecule has 0 radical (unpaired) electrons. The molecule has 0 aromatic carbocycles. The highest BCUT2D eigenvalue weighted by Crippen LogP contribution is 2.43. The number of carbonyl (C=O) groups is 2. The van der Waals surface area contributed by atoms with Crippen molar-refractivity contribution in [1.82, 2.24) is 0 Å². The highest BCUT2D eigenvalue weighted by Gasteiger charge is 2.27. The van der Waals surface area contributed by atoms with Gasteiger partial charge in [0.25, 0.3) is 0 Å². The molecule has 41 heavy (non-hydrogen) atoms. The Bertz CT molecular complexity index is 779. The Kier molecular flexibility index (Phi) is 24.1. The number of hydrogen-bond acceptors (Lipinski definition) is 7. The van der Waals surface area contributed by atoms with Gasteiger partial charge in [0.05, 0.1) is 27.7 Å². The molecule has 9 nitrogen and oxygen atoms in total. The highest BCUT2D eigenvalue weighted by atomic mass is 31.2. The number of ether oxygens (including phenoxy) is 2. The van der Waals surface area contributed by atoms with Crippen LogP contribution < -0.4 is 0 Å². The van der Waals surface area contributed by atoms with Gasteiger partial charge in [-0.05, 0) is 44.9 Å². The fourth-order valence-corrected chi connectivity index (χ4v) is 4.41. The molecular formula is C31H59NO8P+. The van der Waals surface area contributed by atoms with Crippen LogP contribution in [0.4, 0.5) is 0 Å². The van der Waals surface area contributed by atoms with Crippen molar-refractivity contribution in [3.8, 4) is 0 Å². The van der Waals surface area contributed by atoms with Crippen molar-refractivity contribution in [3.05, 3.63) is 24.3 Å². The normalized spacial score (nSPS) is 14.4. The van der Waals surface area contributed by atoms with Crippen molar-refractivity contribution in [2.24, 2.45) is 0 Å². The molecule has 240 valence electrons. The van der Waals surface area contributed by atoms with E-state index in [9.17, 15) is 19.0 Å². The van der Waals surface area contributed by atoms with Crippen LogP contribution in [0.15, 0.2) is 24.3 Å². The van der Waals surface area contributed by atoms with Crippen LogP contribution in [0.1, 0.15) is 110 Å². The Morgan fingerprint density at radius 2 is 1.34 bits per heavy atom. The number of nitrogens with zero attached hydrogens (tertiary/aromatic N) is 1. The van der Waals surface area contributed by atoms with Gasteiger partial charge in [0.1, 0.15) is 19.8 Å². The third-order valence-electron chi connectivity index (χ3n) is 6.23. The minimum atomic E-state index is -4.34. The first-order valence-corrected chi connectivity index (χ1v) is 17.1. The molecule has 10 heteroatoms. The van der Waals surface area contributed by atoms with Crippen LogP contribution in [0.25, 0.3) is 0 Å². The number of carbonyl (C=O) groups excluding carboxylic acids is 2. The van der Waals surface area contributed by atoms with E-state index < -0.39 is 32.5 Å². The van der Waals surface area contributed by atoms with Crippen LogP contribution in [0.2, 0.25) is 0 Å². The third kappa shape index (κ3) is 28.4. The fraction of sp³-hybridized carbons (Fsp3) is 0.806. The predicted octanol–water partition coefficient (Wildman–Crippen LogP) is 7.28. The average Bonchev–Trinajstić information content (AvgIpc) is 2.90. The monoisotopic (exact) mass is 604 g/mol. The summed E-state index contributed by atoms with van der Waals surface area (Å²) in [7, 11) is 1.46. The number of allylic oxidation sites excluding steroid dienone is 4. The molecule has 0 rings (SSSR count). The van der Waals surface area contributed by atoms with Gasteiger partial charge in [-0.25, -0.2) is 4.57 Å². The zero-order valence-corrected chi connectivity index (χ0v) is 27.4. The first-order chi connectivity index (χ1) is 19.5. The van der Waals surface area contributed by atoms with E-state index in [0.29, 0.717) is 23.9 Å². The Hall–Kier alpha value is -1.51. The molecule has 0 bridgehead atoms. The predicted molar refractivity (Wildman–Crippen MR) is 164 cm³/mol. The second-order valence-electron chi connectivity index (χ2n) is 11.5. The molecule has 0 fully saturated rings. The SMILES string of the molecule is CCCCC/C=C/C/C=C/CCCCCCCC(=O)O[C@H](COC(=O)CCCC)COP(=O)(O)OCC[N+](C)(C)C. The largest absolute Gasteiger partial charge is 0.472 e. The average molecular weight is 605 g/mol. The lowest BCUT2D eigenvalue weighted by Crippen LogP contribution is -2.37. The molecule has 1 N–H and O–H groups in total. The summed E-state index contributed by atoms with van der Waals surface area (Å²) < 4.78 is 33.5. The molecule has 0 heterocycles. The third-order valence-corrected chi connectivity index (χ3v) is 7.22. The zero-order valence-electron chi connectivity index (χ0n) is 26.5. The summed E-state index contributed by atoms with van der Waals surface area (Å²) in [6.45, 7) is 4.08. The summed E-state index contributed by atoms with van der Waals surface area (Å²) in [5.41, 5.74) is 0.